The van der Waals surface area contributed by atoms with Gasteiger partial charge in [0.15, 0.2) is 0 Å². The number of carbonyl (C=O) groups is 1. The van der Waals surface area contributed by atoms with Crippen LogP contribution in [0.25, 0.3) is 0 Å². The standard InChI is InChI=1S/C10H15N3O3/c1-7-3-4-8(9(14)12-11)10(15)13(7)5-6-16-2/h3-4H,5-6,11H2,1-2H3,(H,12,14). The molecule has 0 aliphatic carbocycles. The average Bonchev–Trinajstić information content (AvgIpc) is 2.28. The van der Waals surface area contributed by atoms with E-state index in [1.54, 1.807) is 20.1 Å². The molecule has 3 N–H and O–H groups in total. The predicted octanol–water partition coefficient (Wildman–Crippen LogP) is -0.593. The van der Waals surface area contributed by atoms with Crippen LogP contribution in [-0.2, 0) is 11.3 Å². The SMILES string of the molecule is COCCn1c(C)ccc(C(=O)NN)c1=O. The van der Waals surface area contributed by atoms with Crippen LogP contribution in [0.2, 0.25) is 0 Å². The number of carbonyl (C=O) groups excluding carboxylic acids is 1. The second-order valence-corrected chi connectivity index (χ2v) is 3.31. The Morgan fingerprint density at radius 2 is 2.25 bits per heavy atom. The van der Waals surface area contributed by atoms with E-state index in [9.17, 15) is 9.59 Å². The molecule has 1 heterocycles. The van der Waals surface area contributed by atoms with Crippen LogP contribution in [0.4, 0.5) is 0 Å². The normalized spacial score (nSPS) is 10.2. The molecule has 1 rings (SSSR count). The highest BCUT2D eigenvalue weighted by atomic mass is 16.5. The van der Waals surface area contributed by atoms with Crippen LogP contribution in [0.3, 0.4) is 0 Å². The third-order valence-corrected chi connectivity index (χ3v) is 2.29. The zero-order valence-electron chi connectivity index (χ0n) is 9.32. The number of nitrogen functional groups attached to an aromatic ring is 1. The summed E-state index contributed by atoms with van der Waals surface area (Å²) in [6, 6.07) is 3.16. The summed E-state index contributed by atoms with van der Waals surface area (Å²) in [5, 5.41) is 0. The Morgan fingerprint density at radius 1 is 1.56 bits per heavy atom. The smallest absolute Gasteiger partial charge is 0.270 e. The summed E-state index contributed by atoms with van der Waals surface area (Å²) in [6.45, 7) is 2.61. The number of aromatic nitrogens is 1. The van der Waals surface area contributed by atoms with Crippen molar-refractivity contribution in [1.82, 2.24) is 9.99 Å². The number of hydrogen-bond acceptors (Lipinski definition) is 4. The molecule has 6 heteroatoms. The second-order valence-electron chi connectivity index (χ2n) is 3.31. The van der Waals surface area contributed by atoms with Crippen LogP contribution in [-0.4, -0.2) is 24.2 Å². The molecular formula is C10H15N3O3. The number of hydrazine groups is 1. The number of ether oxygens (including phenoxy) is 1. The Kier molecular flexibility index (Phi) is 4.21. The van der Waals surface area contributed by atoms with E-state index in [0.29, 0.717) is 13.2 Å². The van der Waals surface area contributed by atoms with Crippen LogP contribution in [0.15, 0.2) is 16.9 Å². The lowest BCUT2D eigenvalue weighted by Gasteiger charge is -2.10. The first-order valence-corrected chi connectivity index (χ1v) is 4.82. The molecule has 6 nitrogen and oxygen atoms in total. The lowest BCUT2D eigenvalue weighted by Crippen LogP contribution is -2.37. The molecule has 0 aliphatic heterocycles. The van der Waals surface area contributed by atoms with Gasteiger partial charge in [0, 0.05) is 19.3 Å². The molecule has 1 aromatic rings. The molecule has 0 bridgehead atoms. The fourth-order valence-corrected chi connectivity index (χ4v) is 1.38. The van der Waals surface area contributed by atoms with Gasteiger partial charge in [-0.2, -0.15) is 0 Å². The maximum atomic E-state index is 11.9. The van der Waals surface area contributed by atoms with Crippen molar-refractivity contribution in [2.45, 2.75) is 13.5 Å². The Bertz CT molecular complexity index is 439. The molecule has 0 saturated carbocycles. The van der Waals surface area contributed by atoms with Gasteiger partial charge in [0.25, 0.3) is 11.5 Å². The zero-order chi connectivity index (χ0) is 12.1. The van der Waals surface area contributed by atoms with Crippen LogP contribution < -0.4 is 16.8 Å². The molecular weight excluding hydrogens is 210 g/mol. The van der Waals surface area contributed by atoms with Crippen LogP contribution in [0, 0.1) is 6.92 Å². The van der Waals surface area contributed by atoms with E-state index >= 15 is 0 Å². The highest BCUT2D eigenvalue weighted by Gasteiger charge is 2.12. The van der Waals surface area contributed by atoms with E-state index < -0.39 is 5.91 Å². The highest BCUT2D eigenvalue weighted by Crippen LogP contribution is 1.98. The number of nitrogens with one attached hydrogen (secondary N) is 1. The lowest BCUT2D eigenvalue weighted by atomic mass is 10.2. The van der Waals surface area contributed by atoms with Crippen molar-refractivity contribution in [2.75, 3.05) is 13.7 Å². The number of rotatable bonds is 4. The monoisotopic (exact) mass is 225 g/mol. The van der Waals surface area contributed by atoms with Crippen LogP contribution >= 0.6 is 0 Å². The lowest BCUT2D eigenvalue weighted by molar-refractivity contribution is 0.0951. The number of hydrogen-bond donors (Lipinski definition) is 2. The first kappa shape index (κ1) is 12.4. The Morgan fingerprint density at radius 3 is 2.81 bits per heavy atom. The van der Waals surface area contributed by atoms with Crippen molar-refractivity contribution in [3.8, 4) is 0 Å². The minimum absolute atomic E-state index is 0.0317. The van der Waals surface area contributed by atoms with Crippen molar-refractivity contribution in [3.05, 3.63) is 33.7 Å². The number of amides is 1. The molecule has 1 amide bonds. The van der Waals surface area contributed by atoms with E-state index in [4.69, 9.17) is 10.6 Å². The van der Waals surface area contributed by atoms with E-state index in [1.807, 2.05) is 5.43 Å². The molecule has 0 fully saturated rings. The average molecular weight is 225 g/mol. The minimum atomic E-state index is -0.587. The summed E-state index contributed by atoms with van der Waals surface area (Å²) in [5.74, 6) is 4.40. The molecule has 88 valence electrons. The maximum Gasteiger partial charge on any atom is 0.270 e. The van der Waals surface area contributed by atoms with Gasteiger partial charge in [-0.25, -0.2) is 5.84 Å². The molecule has 16 heavy (non-hydrogen) atoms. The second kappa shape index (κ2) is 5.43. The molecule has 0 aromatic carbocycles. The molecule has 1 aromatic heterocycles. The fraction of sp³-hybridized carbons (Fsp3) is 0.400. The minimum Gasteiger partial charge on any atom is -0.383 e. The first-order valence-electron chi connectivity index (χ1n) is 4.82. The largest absolute Gasteiger partial charge is 0.383 e. The predicted molar refractivity (Wildman–Crippen MR) is 59.0 cm³/mol. The Balaban J connectivity index is 3.16. The van der Waals surface area contributed by atoms with Gasteiger partial charge in [0.05, 0.1) is 6.61 Å². The summed E-state index contributed by atoms with van der Waals surface area (Å²) >= 11 is 0. The fourth-order valence-electron chi connectivity index (χ4n) is 1.38. The number of nitrogens with two attached hydrogens (primary N) is 1. The van der Waals surface area contributed by atoms with Crippen LogP contribution in [0.5, 0.6) is 0 Å². The van der Waals surface area contributed by atoms with Crippen LogP contribution in [0.1, 0.15) is 16.1 Å². The van der Waals surface area contributed by atoms with Gasteiger partial charge in [0.2, 0.25) is 0 Å². The Labute approximate surface area is 93.0 Å². The van der Waals surface area contributed by atoms with Gasteiger partial charge in [-0.15, -0.1) is 0 Å². The van der Waals surface area contributed by atoms with Gasteiger partial charge < -0.3 is 9.30 Å². The molecule has 0 radical (unpaired) electrons. The van der Waals surface area contributed by atoms with E-state index in [0.717, 1.165) is 5.69 Å². The van der Waals surface area contributed by atoms with E-state index in [-0.39, 0.29) is 11.1 Å². The van der Waals surface area contributed by atoms with E-state index in [1.165, 1.54) is 10.6 Å². The van der Waals surface area contributed by atoms with Crippen molar-refractivity contribution in [1.29, 1.82) is 0 Å². The molecule has 0 unspecified atom stereocenters. The van der Waals surface area contributed by atoms with E-state index in [2.05, 4.69) is 0 Å². The molecule has 0 atom stereocenters. The number of methoxy groups -OCH3 is 1. The third-order valence-electron chi connectivity index (χ3n) is 2.29. The number of aryl methyl sites for hydroxylation is 1. The topological polar surface area (TPSA) is 86.3 Å². The summed E-state index contributed by atoms with van der Waals surface area (Å²) < 4.78 is 6.38. The number of nitrogens with zero attached hydrogens (tertiary/aromatic N) is 1. The summed E-state index contributed by atoms with van der Waals surface area (Å²) in [5.41, 5.74) is 2.39. The quantitative estimate of drug-likeness (QED) is 0.407. The van der Waals surface area contributed by atoms with Crippen molar-refractivity contribution < 1.29 is 9.53 Å². The van der Waals surface area contributed by atoms with Crippen molar-refractivity contribution in [3.63, 3.8) is 0 Å². The summed E-state index contributed by atoms with van der Waals surface area (Å²) in [7, 11) is 1.55. The zero-order valence-corrected chi connectivity index (χ0v) is 9.32. The van der Waals surface area contributed by atoms with Crippen molar-refractivity contribution >= 4 is 5.91 Å². The summed E-state index contributed by atoms with van der Waals surface area (Å²) in [6.07, 6.45) is 0. The molecule has 0 spiro atoms. The first-order chi connectivity index (χ1) is 7.61. The Hall–Kier alpha value is -1.66. The number of pyridine rings is 1. The van der Waals surface area contributed by atoms with Gasteiger partial charge in [-0.3, -0.25) is 15.0 Å². The van der Waals surface area contributed by atoms with Gasteiger partial charge in [0.1, 0.15) is 5.56 Å². The van der Waals surface area contributed by atoms with Crippen molar-refractivity contribution in [2.24, 2.45) is 5.84 Å². The highest BCUT2D eigenvalue weighted by molar-refractivity contribution is 5.93. The van der Waals surface area contributed by atoms with Gasteiger partial charge in [-0.05, 0) is 19.1 Å². The third kappa shape index (κ3) is 2.47. The molecule has 0 aliphatic rings. The maximum absolute atomic E-state index is 11.9. The van der Waals surface area contributed by atoms with Gasteiger partial charge in [-0.1, -0.05) is 0 Å². The molecule has 0 saturated heterocycles. The van der Waals surface area contributed by atoms with Gasteiger partial charge >= 0.3 is 0 Å². The summed E-state index contributed by atoms with van der Waals surface area (Å²) in [4.78, 5) is 23.2.